The first-order valence-electron chi connectivity index (χ1n) is 4.26. The van der Waals surface area contributed by atoms with Crippen molar-refractivity contribution in [2.45, 2.75) is 31.7 Å². The molecule has 0 bridgehead atoms. The van der Waals surface area contributed by atoms with Crippen LogP contribution in [0.5, 0.6) is 0 Å². The standard InChI is InChI=1S/C7H10N4O2/c12-7(13)4-3-6-8-9-10-11(6)5-1-2-5/h5H,1-4H2,(H,12,13). The summed E-state index contributed by atoms with van der Waals surface area (Å²) in [6.45, 7) is 0. The van der Waals surface area contributed by atoms with Gasteiger partial charge in [-0.25, -0.2) is 4.68 Å². The third-order valence-corrected chi connectivity index (χ3v) is 2.02. The second kappa shape index (κ2) is 3.12. The summed E-state index contributed by atoms with van der Waals surface area (Å²) < 4.78 is 1.74. The summed E-state index contributed by atoms with van der Waals surface area (Å²) >= 11 is 0. The molecular weight excluding hydrogens is 172 g/mol. The lowest BCUT2D eigenvalue weighted by molar-refractivity contribution is -0.137. The molecule has 6 nitrogen and oxygen atoms in total. The number of aliphatic carboxylic acids is 1. The largest absolute Gasteiger partial charge is 0.481 e. The Hall–Kier alpha value is -1.46. The number of aryl methyl sites for hydroxylation is 1. The lowest BCUT2D eigenvalue weighted by Gasteiger charge is -1.99. The molecule has 1 saturated carbocycles. The number of hydrogen-bond donors (Lipinski definition) is 1. The minimum Gasteiger partial charge on any atom is -0.481 e. The molecule has 0 aromatic carbocycles. The van der Waals surface area contributed by atoms with Crippen molar-refractivity contribution in [3.63, 3.8) is 0 Å². The maximum Gasteiger partial charge on any atom is 0.303 e. The summed E-state index contributed by atoms with van der Waals surface area (Å²) in [6, 6.07) is 0.416. The fourth-order valence-corrected chi connectivity index (χ4v) is 1.20. The summed E-state index contributed by atoms with van der Waals surface area (Å²) in [4.78, 5) is 10.3. The number of carboxylic acids is 1. The lowest BCUT2D eigenvalue weighted by Crippen LogP contribution is -2.06. The minimum atomic E-state index is -0.814. The Bertz CT molecular complexity index is 318. The topological polar surface area (TPSA) is 80.9 Å². The van der Waals surface area contributed by atoms with Gasteiger partial charge in [0.25, 0.3) is 0 Å². The van der Waals surface area contributed by atoms with Crippen molar-refractivity contribution in [2.75, 3.05) is 0 Å². The Morgan fingerprint density at radius 3 is 3.00 bits per heavy atom. The highest BCUT2D eigenvalue weighted by molar-refractivity contribution is 5.66. The van der Waals surface area contributed by atoms with Crippen LogP contribution in [0.4, 0.5) is 0 Å². The first-order chi connectivity index (χ1) is 6.27. The Kier molecular flexibility index (Phi) is 1.96. The number of rotatable bonds is 4. The van der Waals surface area contributed by atoms with Crippen molar-refractivity contribution in [1.82, 2.24) is 20.2 Å². The van der Waals surface area contributed by atoms with Gasteiger partial charge in [-0.3, -0.25) is 4.79 Å². The zero-order chi connectivity index (χ0) is 9.26. The van der Waals surface area contributed by atoms with Crippen LogP contribution in [0.2, 0.25) is 0 Å². The Labute approximate surface area is 74.6 Å². The van der Waals surface area contributed by atoms with E-state index in [9.17, 15) is 4.79 Å². The molecule has 1 aliphatic carbocycles. The molecule has 1 aromatic rings. The predicted octanol–water partition coefficient (Wildman–Crippen LogP) is 0.0252. The summed E-state index contributed by atoms with van der Waals surface area (Å²) in [5.74, 6) is -0.129. The summed E-state index contributed by atoms with van der Waals surface area (Å²) in [5.41, 5.74) is 0. The van der Waals surface area contributed by atoms with Crippen LogP contribution < -0.4 is 0 Å². The number of hydrogen-bond acceptors (Lipinski definition) is 4. The van der Waals surface area contributed by atoms with E-state index in [1.165, 1.54) is 0 Å². The molecule has 2 rings (SSSR count). The van der Waals surface area contributed by atoms with E-state index in [1.807, 2.05) is 0 Å². The molecule has 1 aromatic heterocycles. The molecule has 0 aliphatic heterocycles. The van der Waals surface area contributed by atoms with Gasteiger partial charge in [0.2, 0.25) is 0 Å². The van der Waals surface area contributed by atoms with Gasteiger partial charge in [-0.2, -0.15) is 0 Å². The van der Waals surface area contributed by atoms with Crippen molar-refractivity contribution in [2.24, 2.45) is 0 Å². The first-order valence-corrected chi connectivity index (χ1v) is 4.26. The van der Waals surface area contributed by atoms with Crippen LogP contribution in [0.3, 0.4) is 0 Å². The molecular formula is C7H10N4O2. The normalized spacial score (nSPS) is 16.0. The summed E-state index contributed by atoms with van der Waals surface area (Å²) in [7, 11) is 0. The maximum atomic E-state index is 10.3. The molecule has 6 heteroatoms. The van der Waals surface area contributed by atoms with Crippen molar-refractivity contribution >= 4 is 5.97 Å². The van der Waals surface area contributed by atoms with Gasteiger partial charge in [-0.05, 0) is 23.3 Å². The highest BCUT2D eigenvalue weighted by Crippen LogP contribution is 2.34. The van der Waals surface area contributed by atoms with Crippen molar-refractivity contribution in [1.29, 1.82) is 0 Å². The average Bonchev–Trinajstić information content (AvgIpc) is 2.82. The molecule has 0 radical (unpaired) electrons. The van der Waals surface area contributed by atoms with Gasteiger partial charge in [0.05, 0.1) is 12.5 Å². The molecule has 70 valence electrons. The highest BCUT2D eigenvalue weighted by Gasteiger charge is 2.27. The molecule has 0 atom stereocenters. The highest BCUT2D eigenvalue weighted by atomic mass is 16.4. The predicted molar refractivity (Wildman–Crippen MR) is 42.0 cm³/mol. The van der Waals surface area contributed by atoms with Crippen molar-refractivity contribution in [3.05, 3.63) is 5.82 Å². The third kappa shape index (κ3) is 1.82. The number of tetrazole rings is 1. The molecule has 1 aliphatic rings. The molecule has 0 amide bonds. The maximum absolute atomic E-state index is 10.3. The number of carboxylic acid groups (broad SMARTS) is 1. The van der Waals surface area contributed by atoms with Crippen LogP contribution in [-0.2, 0) is 11.2 Å². The molecule has 1 N–H and O–H groups in total. The molecule has 0 spiro atoms. The summed E-state index contributed by atoms with van der Waals surface area (Å²) in [5, 5.41) is 19.6. The molecule has 0 saturated heterocycles. The van der Waals surface area contributed by atoms with Crippen molar-refractivity contribution < 1.29 is 9.90 Å². The van der Waals surface area contributed by atoms with E-state index in [0.29, 0.717) is 18.3 Å². The van der Waals surface area contributed by atoms with E-state index in [-0.39, 0.29) is 6.42 Å². The van der Waals surface area contributed by atoms with Gasteiger partial charge in [-0.1, -0.05) is 0 Å². The van der Waals surface area contributed by atoms with E-state index >= 15 is 0 Å². The second-order valence-electron chi connectivity index (χ2n) is 3.16. The molecule has 0 unspecified atom stereocenters. The number of nitrogens with zero attached hydrogens (tertiary/aromatic N) is 4. The van der Waals surface area contributed by atoms with Crippen LogP contribution in [0.25, 0.3) is 0 Å². The van der Waals surface area contributed by atoms with E-state index in [4.69, 9.17) is 5.11 Å². The zero-order valence-electron chi connectivity index (χ0n) is 7.05. The van der Waals surface area contributed by atoms with Crippen LogP contribution in [0.15, 0.2) is 0 Å². The van der Waals surface area contributed by atoms with E-state index in [0.717, 1.165) is 12.8 Å². The summed E-state index contributed by atoms with van der Waals surface area (Å²) in [6.07, 6.45) is 2.71. The van der Waals surface area contributed by atoms with Crippen LogP contribution in [0.1, 0.15) is 31.1 Å². The Balaban J connectivity index is 2.02. The minimum absolute atomic E-state index is 0.0904. The Morgan fingerprint density at radius 1 is 1.62 bits per heavy atom. The smallest absolute Gasteiger partial charge is 0.303 e. The number of aromatic nitrogens is 4. The van der Waals surface area contributed by atoms with Gasteiger partial charge in [0.1, 0.15) is 0 Å². The second-order valence-corrected chi connectivity index (χ2v) is 3.16. The number of carbonyl (C=O) groups is 1. The lowest BCUT2D eigenvalue weighted by atomic mass is 10.3. The van der Waals surface area contributed by atoms with Crippen LogP contribution >= 0.6 is 0 Å². The van der Waals surface area contributed by atoms with E-state index in [2.05, 4.69) is 15.5 Å². The van der Waals surface area contributed by atoms with E-state index < -0.39 is 5.97 Å². The quantitative estimate of drug-likeness (QED) is 0.710. The zero-order valence-corrected chi connectivity index (χ0v) is 7.05. The third-order valence-electron chi connectivity index (χ3n) is 2.02. The van der Waals surface area contributed by atoms with Gasteiger partial charge in [-0.15, -0.1) is 5.10 Å². The fourth-order valence-electron chi connectivity index (χ4n) is 1.20. The molecule has 1 fully saturated rings. The van der Waals surface area contributed by atoms with Crippen LogP contribution in [0, 0.1) is 0 Å². The van der Waals surface area contributed by atoms with Gasteiger partial charge in [0, 0.05) is 6.42 Å². The average molecular weight is 182 g/mol. The first kappa shape index (κ1) is 8.15. The SMILES string of the molecule is O=C(O)CCc1nnnn1C1CC1. The van der Waals surface area contributed by atoms with Crippen LogP contribution in [-0.4, -0.2) is 31.3 Å². The van der Waals surface area contributed by atoms with Crippen molar-refractivity contribution in [3.8, 4) is 0 Å². The Morgan fingerprint density at radius 2 is 2.38 bits per heavy atom. The van der Waals surface area contributed by atoms with E-state index in [1.54, 1.807) is 4.68 Å². The van der Waals surface area contributed by atoms with Gasteiger partial charge >= 0.3 is 5.97 Å². The van der Waals surface area contributed by atoms with Gasteiger partial charge < -0.3 is 5.11 Å². The monoisotopic (exact) mass is 182 g/mol. The van der Waals surface area contributed by atoms with Gasteiger partial charge in [0.15, 0.2) is 5.82 Å². The molecule has 13 heavy (non-hydrogen) atoms. The molecule has 1 heterocycles. The fraction of sp³-hybridized carbons (Fsp3) is 0.714.